The Bertz CT molecular complexity index is 564. The molecule has 2 amide bonds. The number of hydrogen-bond acceptors (Lipinski definition) is 3. The SMILES string of the molecule is O=C(NCc1ccnc(OC(F)F)c1)NC1CCC2(CCC2)C1. The standard InChI is InChI=1S/C16H21F2N3O2/c17-14(18)23-13-8-11(3-7-19-13)10-20-15(22)21-12-2-6-16(9-12)4-1-5-16/h3,7-8,12,14H,1-2,4-6,9-10H2,(H2,20,21,22). The van der Waals surface area contributed by atoms with Crippen molar-refractivity contribution in [2.24, 2.45) is 5.41 Å². The molecule has 0 saturated heterocycles. The molecule has 2 saturated carbocycles. The van der Waals surface area contributed by atoms with Gasteiger partial charge in [0, 0.05) is 24.8 Å². The molecule has 0 aliphatic heterocycles. The number of hydrogen-bond donors (Lipinski definition) is 2. The number of alkyl halides is 2. The van der Waals surface area contributed by atoms with E-state index in [4.69, 9.17) is 0 Å². The van der Waals surface area contributed by atoms with Crippen LogP contribution in [-0.4, -0.2) is 23.7 Å². The number of urea groups is 1. The summed E-state index contributed by atoms with van der Waals surface area (Å²) in [6.45, 7) is -2.67. The fourth-order valence-electron chi connectivity index (χ4n) is 3.60. The Labute approximate surface area is 133 Å². The number of carbonyl (C=O) groups excluding carboxylic acids is 1. The average Bonchev–Trinajstić information content (AvgIpc) is 2.89. The summed E-state index contributed by atoms with van der Waals surface area (Å²) in [5, 5.41) is 5.75. The third-order valence-electron chi connectivity index (χ3n) is 4.91. The molecule has 0 bridgehead atoms. The van der Waals surface area contributed by atoms with Crippen LogP contribution in [0.3, 0.4) is 0 Å². The van der Waals surface area contributed by atoms with Crippen molar-refractivity contribution in [3.63, 3.8) is 0 Å². The molecule has 3 rings (SSSR count). The molecule has 5 nitrogen and oxygen atoms in total. The van der Waals surface area contributed by atoms with Crippen LogP contribution in [0.25, 0.3) is 0 Å². The number of nitrogens with one attached hydrogen (secondary N) is 2. The second-order valence-corrected chi connectivity index (χ2v) is 6.50. The van der Waals surface area contributed by atoms with E-state index in [2.05, 4.69) is 20.4 Å². The number of pyridine rings is 1. The smallest absolute Gasteiger partial charge is 0.388 e. The average molecular weight is 325 g/mol. The minimum Gasteiger partial charge on any atom is -0.417 e. The van der Waals surface area contributed by atoms with Crippen molar-refractivity contribution in [1.29, 1.82) is 0 Å². The Morgan fingerprint density at radius 2 is 2.26 bits per heavy atom. The lowest BCUT2D eigenvalue weighted by Crippen LogP contribution is -2.41. The first-order valence-electron chi connectivity index (χ1n) is 7.99. The van der Waals surface area contributed by atoms with Crippen LogP contribution in [0.4, 0.5) is 13.6 Å². The molecule has 0 aromatic carbocycles. The summed E-state index contributed by atoms with van der Waals surface area (Å²) >= 11 is 0. The highest BCUT2D eigenvalue weighted by Crippen LogP contribution is 2.52. The molecule has 7 heteroatoms. The van der Waals surface area contributed by atoms with Gasteiger partial charge in [0.1, 0.15) is 0 Å². The van der Waals surface area contributed by atoms with Gasteiger partial charge >= 0.3 is 12.6 Å². The maximum absolute atomic E-state index is 12.1. The number of nitrogens with zero attached hydrogens (tertiary/aromatic N) is 1. The number of carbonyl (C=O) groups is 1. The van der Waals surface area contributed by atoms with Gasteiger partial charge in [-0.2, -0.15) is 8.78 Å². The van der Waals surface area contributed by atoms with Gasteiger partial charge in [0.25, 0.3) is 0 Å². The van der Waals surface area contributed by atoms with Crippen LogP contribution in [0, 0.1) is 5.41 Å². The predicted octanol–water partition coefficient (Wildman–Crippen LogP) is 3.21. The van der Waals surface area contributed by atoms with Gasteiger partial charge in [-0.25, -0.2) is 9.78 Å². The minimum atomic E-state index is -2.91. The lowest BCUT2D eigenvalue weighted by atomic mass is 9.67. The van der Waals surface area contributed by atoms with Crippen molar-refractivity contribution >= 4 is 6.03 Å². The monoisotopic (exact) mass is 325 g/mol. The van der Waals surface area contributed by atoms with E-state index in [1.165, 1.54) is 37.9 Å². The zero-order chi connectivity index (χ0) is 16.3. The maximum atomic E-state index is 12.1. The van der Waals surface area contributed by atoms with Crippen molar-refractivity contribution in [2.75, 3.05) is 0 Å². The number of amides is 2. The molecule has 2 fully saturated rings. The Hall–Kier alpha value is -1.92. The topological polar surface area (TPSA) is 63.2 Å². The van der Waals surface area contributed by atoms with Gasteiger partial charge in [-0.3, -0.25) is 0 Å². The van der Waals surface area contributed by atoms with Crippen molar-refractivity contribution < 1.29 is 18.3 Å². The van der Waals surface area contributed by atoms with E-state index in [1.54, 1.807) is 6.07 Å². The van der Waals surface area contributed by atoms with Crippen LogP contribution in [0.15, 0.2) is 18.3 Å². The molecular formula is C16H21F2N3O2. The summed E-state index contributed by atoms with van der Waals surface area (Å²) in [4.78, 5) is 15.7. The molecule has 1 spiro atoms. The molecule has 0 radical (unpaired) electrons. The zero-order valence-corrected chi connectivity index (χ0v) is 12.9. The number of halogens is 2. The molecule has 2 aliphatic carbocycles. The van der Waals surface area contributed by atoms with Crippen LogP contribution in [-0.2, 0) is 6.54 Å². The summed E-state index contributed by atoms with van der Waals surface area (Å²) in [6.07, 6.45) is 8.58. The Kier molecular flexibility index (Phi) is 4.63. The minimum absolute atomic E-state index is 0.151. The molecule has 126 valence electrons. The van der Waals surface area contributed by atoms with Crippen molar-refractivity contribution in [2.45, 2.75) is 57.7 Å². The van der Waals surface area contributed by atoms with E-state index in [9.17, 15) is 13.6 Å². The van der Waals surface area contributed by atoms with E-state index in [-0.39, 0.29) is 24.5 Å². The van der Waals surface area contributed by atoms with Crippen molar-refractivity contribution in [3.8, 4) is 5.88 Å². The first-order chi connectivity index (χ1) is 11.0. The normalized spacial score (nSPS) is 22.0. The highest BCUT2D eigenvalue weighted by atomic mass is 19.3. The molecule has 23 heavy (non-hydrogen) atoms. The third kappa shape index (κ3) is 4.09. The van der Waals surface area contributed by atoms with Gasteiger partial charge in [0.2, 0.25) is 5.88 Å². The Morgan fingerprint density at radius 3 is 2.91 bits per heavy atom. The van der Waals surface area contributed by atoms with E-state index in [0.29, 0.717) is 11.0 Å². The van der Waals surface area contributed by atoms with Crippen LogP contribution in [0.1, 0.15) is 44.1 Å². The molecular weight excluding hydrogens is 304 g/mol. The van der Waals surface area contributed by atoms with Crippen molar-refractivity contribution in [3.05, 3.63) is 23.9 Å². The molecule has 2 N–H and O–H groups in total. The molecule has 1 heterocycles. The Morgan fingerprint density at radius 1 is 1.43 bits per heavy atom. The number of ether oxygens (including phenoxy) is 1. The van der Waals surface area contributed by atoms with Crippen LogP contribution in [0.5, 0.6) is 5.88 Å². The van der Waals surface area contributed by atoms with Gasteiger partial charge in [0.15, 0.2) is 0 Å². The fraction of sp³-hybridized carbons (Fsp3) is 0.625. The van der Waals surface area contributed by atoms with E-state index in [0.717, 1.165) is 12.8 Å². The quantitative estimate of drug-likeness (QED) is 0.874. The highest BCUT2D eigenvalue weighted by Gasteiger charge is 2.43. The number of aromatic nitrogens is 1. The third-order valence-corrected chi connectivity index (χ3v) is 4.91. The second-order valence-electron chi connectivity index (χ2n) is 6.50. The molecule has 1 atom stereocenters. The highest BCUT2D eigenvalue weighted by molar-refractivity contribution is 5.74. The lowest BCUT2D eigenvalue weighted by Gasteiger charge is -2.38. The van der Waals surface area contributed by atoms with E-state index in [1.807, 2.05) is 0 Å². The summed E-state index contributed by atoms with van der Waals surface area (Å²) in [5.74, 6) is -0.151. The van der Waals surface area contributed by atoms with Crippen LogP contribution < -0.4 is 15.4 Å². The van der Waals surface area contributed by atoms with Gasteiger partial charge in [0.05, 0.1) is 0 Å². The molecule has 1 aromatic heterocycles. The van der Waals surface area contributed by atoms with E-state index < -0.39 is 6.61 Å². The van der Waals surface area contributed by atoms with Gasteiger partial charge in [-0.05, 0) is 49.1 Å². The fourth-order valence-corrected chi connectivity index (χ4v) is 3.60. The van der Waals surface area contributed by atoms with E-state index >= 15 is 0 Å². The maximum Gasteiger partial charge on any atom is 0.388 e. The zero-order valence-electron chi connectivity index (χ0n) is 12.9. The van der Waals surface area contributed by atoms with Crippen LogP contribution >= 0.6 is 0 Å². The summed E-state index contributed by atoms with van der Waals surface area (Å²) < 4.78 is 28.5. The van der Waals surface area contributed by atoms with Crippen molar-refractivity contribution in [1.82, 2.24) is 15.6 Å². The lowest BCUT2D eigenvalue weighted by molar-refractivity contribution is -0.0529. The first kappa shape index (κ1) is 16.0. The van der Waals surface area contributed by atoms with Gasteiger partial charge in [-0.15, -0.1) is 0 Å². The summed E-state index contributed by atoms with van der Waals surface area (Å²) in [6, 6.07) is 3.06. The summed E-state index contributed by atoms with van der Waals surface area (Å²) in [7, 11) is 0. The molecule has 2 aliphatic rings. The molecule has 1 aromatic rings. The summed E-state index contributed by atoms with van der Waals surface area (Å²) in [5.41, 5.74) is 1.15. The first-order valence-corrected chi connectivity index (χ1v) is 7.99. The number of rotatable bonds is 5. The Balaban J connectivity index is 1.44. The van der Waals surface area contributed by atoms with Crippen LogP contribution in [0.2, 0.25) is 0 Å². The predicted molar refractivity (Wildman–Crippen MR) is 80.2 cm³/mol. The van der Waals surface area contributed by atoms with Gasteiger partial charge in [-0.1, -0.05) is 6.42 Å². The van der Waals surface area contributed by atoms with Gasteiger partial charge < -0.3 is 15.4 Å². The largest absolute Gasteiger partial charge is 0.417 e. The molecule has 1 unspecified atom stereocenters. The second kappa shape index (κ2) is 6.68.